The minimum atomic E-state index is -0.0893. The van der Waals surface area contributed by atoms with Gasteiger partial charge < -0.3 is 4.74 Å². The fourth-order valence-electron chi connectivity index (χ4n) is 0.520. The van der Waals surface area contributed by atoms with Crippen molar-refractivity contribution in [2.45, 2.75) is 0 Å². The Morgan fingerprint density at radius 2 is 2.44 bits per heavy atom. The number of thioether (sulfide) groups is 1. The number of hydrogen-bond donors (Lipinski definition) is 0. The predicted octanol–water partition coefficient (Wildman–Crippen LogP) is 1.36. The molecule has 0 N–H and O–H groups in total. The van der Waals surface area contributed by atoms with Crippen LogP contribution in [0.1, 0.15) is 0 Å². The van der Waals surface area contributed by atoms with E-state index in [0.717, 1.165) is 0 Å². The average Bonchev–Trinajstić information content (AvgIpc) is 2.15. The molecule has 0 aromatic heterocycles. The van der Waals surface area contributed by atoms with Crippen LogP contribution in [0.15, 0.2) is 10.8 Å². The maximum atomic E-state index is 10.6. The Balaban J connectivity index is 2.79. The summed E-state index contributed by atoms with van der Waals surface area (Å²) in [6.45, 7) is 0. The molecule has 0 bridgehead atoms. The first-order valence-electron chi connectivity index (χ1n) is 2.35. The van der Waals surface area contributed by atoms with E-state index in [1.807, 2.05) is 0 Å². The highest BCUT2D eigenvalue weighted by Crippen LogP contribution is 2.28. The molecule has 9 heavy (non-hydrogen) atoms. The fraction of sp³-hybridized carbons (Fsp3) is 0.400. The van der Waals surface area contributed by atoms with Crippen LogP contribution >= 0.6 is 23.4 Å². The van der Waals surface area contributed by atoms with Gasteiger partial charge in [0, 0.05) is 0 Å². The van der Waals surface area contributed by atoms with Gasteiger partial charge in [0.2, 0.25) is 5.12 Å². The van der Waals surface area contributed by atoms with Gasteiger partial charge in [-0.2, -0.15) is 0 Å². The van der Waals surface area contributed by atoms with Crippen LogP contribution in [0.2, 0.25) is 0 Å². The highest BCUT2D eigenvalue weighted by molar-refractivity contribution is 8.14. The lowest BCUT2D eigenvalue weighted by Gasteiger charge is -1.94. The molecule has 0 saturated heterocycles. The van der Waals surface area contributed by atoms with E-state index in [0.29, 0.717) is 11.5 Å². The van der Waals surface area contributed by atoms with Crippen LogP contribution in [0.25, 0.3) is 0 Å². The summed E-state index contributed by atoms with van der Waals surface area (Å²) in [5, 5.41) is 0.149. The molecule has 0 aromatic carbocycles. The molecule has 0 unspecified atom stereocenters. The van der Waals surface area contributed by atoms with Gasteiger partial charge in [0.1, 0.15) is 10.8 Å². The number of ether oxygens (including phenoxy) is 1. The number of carbonyl (C=O) groups is 1. The molecule has 1 aliphatic heterocycles. The Labute approximate surface area is 62.2 Å². The summed E-state index contributed by atoms with van der Waals surface area (Å²) < 4.78 is 4.80. The van der Waals surface area contributed by atoms with Crippen LogP contribution in [0.3, 0.4) is 0 Å². The zero-order valence-electron chi connectivity index (χ0n) is 4.81. The lowest BCUT2D eigenvalue weighted by molar-refractivity contribution is -0.107. The van der Waals surface area contributed by atoms with Crippen molar-refractivity contribution in [3.05, 3.63) is 10.8 Å². The van der Waals surface area contributed by atoms with Gasteiger partial charge in [0.05, 0.1) is 12.9 Å². The molecule has 4 heteroatoms. The van der Waals surface area contributed by atoms with Crippen LogP contribution in [-0.2, 0) is 9.53 Å². The smallest absolute Gasteiger partial charge is 0.234 e. The Bertz CT molecular complexity index is 176. The van der Waals surface area contributed by atoms with Crippen molar-refractivity contribution < 1.29 is 9.53 Å². The molecule has 0 aliphatic carbocycles. The Morgan fingerprint density at radius 1 is 1.78 bits per heavy atom. The number of halogens is 1. The first kappa shape index (κ1) is 6.96. The zero-order valence-corrected chi connectivity index (χ0v) is 6.38. The predicted molar refractivity (Wildman–Crippen MR) is 37.4 cm³/mol. The molecule has 50 valence electrons. The summed E-state index contributed by atoms with van der Waals surface area (Å²) in [4.78, 5) is 10.6. The van der Waals surface area contributed by atoms with E-state index in [9.17, 15) is 4.79 Å². The van der Waals surface area contributed by atoms with Gasteiger partial charge in [0.15, 0.2) is 0 Å². The highest BCUT2D eigenvalue weighted by atomic mass is 35.5. The third-order valence-corrected chi connectivity index (χ3v) is 2.37. The summed E-state index contributed by atoms with van der Waals surface area (Å²) in [5.74, 6) is 1.17. The van der Waals surface area contributed by atoms with Crippen molar-refractivity contribution in [3.63, 3.8) is 0 Å². The second-order valence-corrected chi connectivity index (χ2v) is 2.84. The molecule has 0 saturated carbocycles. The second kappa shape index (κ2) is 2.62. The monoisotopic (exact) mass is 164 g/mol. The van der Waals surface area contributed by atoms with Gasteiger partial charge in [0.25, 0.3) is 0 Å². The Hall–Kier alpha value is -0.150. The van der Waals surface area contributed by atoms with Crippen molar-refractivity contribution in [2.24, 2.45) is 0 Å². The van der Waals surface area contributed by atoms with Crippen LogP contribution in [0.5, 0.6) is 0 Å². The third kappa shape index (κ3) is 1.22. The van der Waals surface area contributed by atoms with Gasteiger partial charge >= 0.3 is 0 Å². The Morgan fingerprint density at radius 3 is 2.67 bits per heavy atom. The molecular formula is C5H5ClO2S. The minimum Gasteiger partial charge on any atom is -0.498 e. The minimum absolute atomic E-state index is 0.0893. The number of methoxy groups -OCH3 is 1. The molecule has 1 heterocycles. The standard InChI is InChI=1S/C5H5ClO2S/c1-8-3-2-9-5(7)4(3)6/h2H2,1H3. The molecule has 0 amide bonds. The van der Waals surface area contributed by atoms with Crippen LogP contribution < -0.4 is 0 Å². The fourth-order valence-corrected chi connectivity index (χ4v) is 1.67. The summed E-state index contributed by atoms with van der Waals surface area (Å²) in [7, 11) is 1.51. The topological polar surface area (TPSA) is 26.3 Å². The zero-order chi connectivity index (χ0) is 6.85. The van der Waals surface area contributed by atoms with Crippen molar-refractivity contribution in [1.82, 2.24) is 0 Å². The number of carbonyl (C=O) groups excluding carboxylic acids is 1. The van der Waals surface area contributed by atoms with E-state index in [2.05, 4.69) is 0 Å². The molecule has 1 rings (SSSR count). The first-order chi connectivity index (χ1) is 4.25. The largest absolute Gasteiger partial charge is 0.498 e. The molecule has 0 radical (unpaired) electrons. The SMILES string of the molecule is COC1=C(Cl)C(=O)SC1. The van der Waals surface area contributed by atoms with Crippen molar-refractivity contribution in [3.8, 4) is 0 Å². The second-order valence-electron chi connectivity index (χ2n) is 1.52. The summed E-state index contributed by atoms with van der Waals surface area (Å²) >= 11 is 6.68. The molecule has 0 fully saturated rings. The first-order valence-corrected chi connectivity index (χ1v) is 3.72. The summed E-state index contributed by atoms with van der Waals surface area (Å²) in [6, 6.07) is 0. The number of hydrogen-bond acceptors (Lipinski definition) is 3. The average molecular weight is 165 g/mol. The Kier molecular flexibility index (Phi) is 2.03. The van der Waals surface area contributed by atoms with Crippen molar-refractivity contribution in [1.29, 1.82) is 0 Å². The molecule has 0 spiro atoms. The lowest BCUT2D eigenvalue weighted by atomic mass is 10.5. The van der Waals surface area contributed by atoms with Gasteiger partial charge in [-0.1, -0.05) is 23.4 Å². The van der Waals surface area contributed by atoms with Crippen molar-refractivity contribution in [2.75, 3.05) is 12.9 Å². The molecule has 1 aliphatic rings. The van der Waals surface area contributed by atoms with Gasteiger partial charge in [-0.3, -0.25) is 4.79 Å². The van der Waals surface area contributed by atoms with Crippen molar-refractivity contribution >= 4 is 28.5 Å². The van der Waals surface area contributed by atoms with Gasteiger partial charge in [-0.05, 0) is 0 Å². The molecule has 0 atom stereocenters. The summed E-state index contributed by atoms with van der Waals surface area (Å²) in [5.41, 5.74) is 0. The third-order valence-electron chi connectivity index (χ3n) is 1.00. The molecular weight excluding hydrogens is 160 g/mol. The highest BCUT2D eigenvalue weighted by Gasteiger charge is 2.22. The van der Waals surface area contributed by atoms with Gasteiger partial charge in [-0.15, -0.1) is 0 Å². The van der Waals surface area contributed by atoms with E-state index in [1.54, 1.807) is 0 Å². The lowest BCUT2D eigenvalue weighted by Crippen LogP contribution is -1.87. The van der Waals surface area contributed by atoms with E-state index in [-0.39, 0.29) is 10.1 Å². The summed E-state index contributed by atoms with van der Waals surface area (Å²) in [6.07, 6.45) is 0. The van der Waals surface area contributed by atoms with Crippen LogP contribution in [0.4, 0.5) is 0 Å². The van der Waals surface area contributed by atoms with Crippen LogP contribution in [-0.4, -0.2) is 18.0 Å². The molecule has 0 aromatic rings. The van der Waals surface area contributed by atoms with E-state index < -0.39 is 0 Å². The van der Waals surface area contributed by atoms with Crippen LogP contribution in [0, 0.1) is 0 Å². The normalized spacial score (nSPS) is 19.1. The maximum Gasteiger partial charge on any atom is 0.234 e. The number of rotatable bonds is 1. The van der Waals surface area contributed by atoms with Gasteiger partial charge in [-0.25, -0.2) is 0 Å². The molecule has 2 nitrogen and oxygen atoms in total. The van der Waals surface area contributed by atoms with E-state index >= 15 is 0 Å². The van der Waals surface area contributed by atoms with E-state index in [1.165, 1.54) is 18.9 Å². The maximum absolute atomic E-state index is 10.6. The quantitative estimate of drug-likeness (QED) is 0.586. The van der Waals surface area contributed by atoms with E-state index in [4.69, 9.17) is 16.3 Å².